The monoisotopic (exact) mass is 426 g/mol. The van der Waals surface area contributed by atoms with E-state index in [1.165, 1.54) is 6.42 Å². The third-order valence-corrected chi connectivity index (χ3v) is 7.05. The van der Waals surface area contributed by atoms with E-state index in [-0.39, 0.29) is 0 Å². The summed E-state index contributed by atoms with van der Waals surface area (Å²) in [6.45, 7) is 29.9. The van der Waals surface area contributed by atoms with E-state index in [2.05, 4.69) is 92.1 Å². The third kappa shape index (κ3) is 6.39. The molecule has 1 heterocycles. The van der Waals surface area contributed by atoms with Crippen LogP contribution in [0.5, 0.6) is 0 Å². The molecular weight excluding hydrogens is 372 g/mol. The first-order valence-electron chi connectivity index (χ1n) is 13.1. The van der Waals surface area contributed by atoms with Gasteiger partial charge in [0.25, 0.3) is 0 Å². The summed E-state index contributed by atoms with van der Waals surface area (Å²) in [5.41, 5.74) is 0. The Hall–Kier alpha value is -0.240. The lowest BCUT2D eigenvalue weighted by atomic mass is 10.2. The van der Waals surface area contributed by atoms with Crippen molar-refractivity contribution >= 4 is 0 Å². The molecule has 0 N–H and O–H groups in total. The molecule has 0 aromatic carbocycles. The molecule has 3 unspecified atom stereocenters. The Kier molecular flexibility index (Phi) is 13.7. The van der Waals surface area contributed by atoms with Crippen molar-refractivity contribution in [3.8, 4) is 0 Å². The van der Waals surface area contributed by atoms with Gasteiger partial charge in [0.2, 0.25) is 0 Å². The van der Waals surface area contributed by atoms with E-state index in [1.807, 2.05) is 0 Å². The van der Waals surface area contributed by atoms with Gasteiger partial charge in [0.1, 0.15) is 0 Å². The molecule has 6 nitrogen and oxygen atoms in total. The highest BCUT2D eigenvalue weighted by atomic mass is 15.9. The average molecular weight is 427 g/mol. The molecule has 0 spiro atoms. The van der Waals surface area contributed by atoms with E-state index in [1.54, 1.807) is 0 Å². The van der Waals surface area contributed by atoms with Crippen LogP contribution >= 0.6 is 0 Å². The third-order valence-electron chi connectivity index (χ3n) is 7.05. The second-order valence-electron chi connectivity index (χ2n) is 8.33. The van der Waals surface area contributed by atoms with Crippen molar-refractivity contribution in [2.75, 3.05) is 52.4 Å². The smallest absolute Gasteiger partial charge is 0.0919 e. The van der Waals surface area contributed by atoms with E-state index >= 15 is 0 Å². The molecule has 0 bridgehead atoms. The second kappa shape index (κ2) is 14.8. The van der Waals surface area contributed by atoms with Crippen LogP contribution in [0.3, 0.4) is 0 Å². The van der Waals surface area contributed by atoms with Gasteiger partial charge in [-0.25, -0.2) is 10.0 Å². The SMILES string of the molecule is CCC(N(CC)CC)N1CCCN(C(CC)N(CC)CC)N1C(CC)N(CC)CC. The molecule has 1 rings (SSSR count). The normalized spacial score (nSPS) is 20.4. The Morgan fingerprint density at radius 3 is 1.07 bits per heavy atom. The van der Waals surface area contributed by atoms with Crippen molar-refractivity contribution in [2.24, 2.45) is 0 Å². The zero-order chi connectivity index (χ0) is 22.7. The molecule has 1 aliphatic heterocycles. The zero-order valence-corrected chi connectivity index (χ0v) is 21.9. The van der Waals surface area contributed by atoms with Crippen molar-refractivity contribution in [1.29, 1.82) is 0 Å². The van der Waals surface area contributed by atoms with Gasteiger partial charge < -0.3 is 0 Å². The molecule has 3 atom stereocenters. The molecular formula is C24H54N6. The van der Waals surface area contributed by atoms with Crippen molar-refractivity contribution in [3.05, 3.63) is 0 Å². The molecule has 0 saturated carbocycles. The molecule has 0 aromatic heterocycles. The van der Waals surface area contributed by atoms with Crippen LogP contribution in [0.1, 0.15) is 88.0 Å². The number of nitrogens with zero attached hydrogens (tertiary/aromatic N) is 6. The maximum absolute atomic E-state index is 2.73. The first-order valence-corrected chi connectivity index (χ1v) is 13.1. The van der Waals surface area contributed by atoms with Gasteiger partial charge >= 0.3 is 0 Å². The van der Waals surface area contributed by atoms with Gasteiger partial charge in [-0.3, -0.25) is 14.7 Å². The van der Waals surface area contributed by atoms with Crippen LogP contribution in [-0.2, 0) is 0 Å². The lowest BCUT2D eigenvalue weighted by Gasteiger charge is -2.58. The molecule has 0 amide bonds. The summed E-state index contributed by atoms with van der Waals surface area (Å²) in [5.74, 6) is 0. The van der Waals surface area contributed by atoms with Crippen LogP contribution in [0.4, 0.5) is 0 Å². The van der Waals surface area contributed by atoms with Crippen LogP contribution in [-0.4, -0.2) is 101 Å². The minimum Gasteiger partial charge on any atom is -0.287 e. The molecule has 30 heavy (non-hydrogen) atoms. The Morgan fingerprint density at radius 1 is 0.500 bits per heavy atom. The molecule has 1 saturated heterocycles. The van der Waals surface area contributed by atoms with Crippen molar-refractivity contribution in [1.82, 2.24) is 29.8 Å². The largest absolute Gasteiger partial charge is 0.287 e. The van der Waals surface area contributed by atoms with Crippen LogP contribution in [0.25, 0.3) is 0 Å². The predicted octanol–water partition coefficient (Wildman–Crippen LogP) is 4.36. The number of hydrogen-bond acceptors (Lipinski definition) is 6. The summed E-state index contributed by atoms with van der Waals surface area (Å²) in [6.07, 6.45) is 6.02. The van der Waals surface area contributed by atoms with Crippen molar-refractivity contribution in [2.45, 2.75) is 106 Å². The Morgan fingerprint density at radius 2 is 0.800 bits per heavy atom. The highest BCUT2D eigenvalue weighted by Gasteiger charge is 2.42. The minimum absolute atomic E-state index is 0.412. The minimum atomic E-state index is 0.412. The van der Waals surface area contributed by atoms with Gasteiger partial charge in [-0.05, 0) is 65.0 Å². The van der Waals surface area contributed by atoms with E-state index in [4.69, 9.17) is 0 Å². The summed E-state index contributed by atoms with van der Waals surface area (Å²) in [5, 5.41) is 8.18. The maximum Gasteiger partial charge on any atom is 0.0919 e. The molecule has 0 radical (unpaired) electrons. The fraction of sp³-hybridized carbons (Fsp3) is 1.00. The molecule has 1 fully saturated rings. The van der Waals surface area contributed by atoms with Gasteiger partial charge in [0, 0.05) is 13.1 Å². The zero-order valence-electron chi connectivity index (χ0n) is 21.9. The molecule has 0 aromatic rings. The molecule has 0 aliphatic carbocycles. The number of hydrazine groups is 2. The highest BCUT2D eigenvalue weighted by Crippen LogP contribution is 2.29. The first kappa shape index (κ1) is 27.8. The van der Waals surface area contributed by atoms with Crippen LogP contribution in [0.15, 0.2) is 0 Å². The Labute approximate surface area is 189 Å². The predicted molar refractivity (Wildman–Crippen MR) is 131 cm³/mol. The van der Waals surface area contributed by atoms with Gasteiger partial charge in [0.15, 0.2) is 0 Å². The van der Waals surface area contributed by atoms with Crippen LogP contribution in [0, 0.1) is 0 Å². The lowest BCUT2D eigenvalue weighted by molar-refractivity contribution is -0.317. The van der Waals surface area contributed by atoms with Gasteiger partial charge in [0.05, 0.1) is 18.5 Å². The maximum atomic E-state index is 2.73. The highest BCUT2D eigenvalue weighted by molar-refractivity contribution is 4.82. The fourth-order valence-electron chi connectivity index (χ4n) is 5.48. The Bertz CT molecular complexity index is 394. The van der Waals surface area contributed by atoms with Crippen molar-refractivity contribution in [3.63, 3.8) is 0 Å². The summed E-state index contributed by atoms with van der Waals surface area (Å²) in [6, 6.07) is 0. The van der Waals surface area contributed by atoms with Crippen molar-refractivity contribution < 1.29 is 0 Å². The van der Waals surface area contributed by atoms with Gasteiger partial charge in [-0.2, -0.15) is 5.12 Å². The molecule has 1 aliphatic rings. The summed E-state index contributed by atoms with van der Waals surface area (Å²) >= 11 is 0. The van der Waals surface area contributed by atoms with E-state index in [0.717, 1.165) is 71.6 Å². The van der Waals surface area contributed by atoms with Crippen LogP contribution < -0.4 is 0 Å². The Balaban J connectivity index is 3.47. The second-order valence-corrected chi connectivity index (χ2v) is 8.33. The van der Waals surface area contributed by atoms with Gasteiger partial charge in [-0.15, -0.1) is 0 Å². The standard InChI is InChI=1S/C24H54N6/c1-10-22(25(13-4)14-5)28-20-19-21-29(23(11-2)26(15-6)16-7)30(28)24(12-3)27(17-8)18-9/h22-24H,10-21H2,1-9H3. The average Bonchev–Trinajstić information content (AvgIpc) is 2.79. The fourth-order valence-corrected chi connectivity index (χ4v) is 5.48. The number of hydrogen-bond donors (Lipinski definition) is 0. The van der Waals surface area contributed by atoms with Crippen LogP contribution in [0.2, 0.25) is 0 Å². The van der Waals surface area contributed by atoms with E-state index in [9.17, 15) is 0 Å². The summed E-state index contributed by atoms with van der Waals surface area (Å²) in [7, 11) is 0. The van der Waals surface area contributed by atoms with E-state index in [0.29, 0.717) is 18.5 Å². The summed E-state index contributed by atoms with van der Waals surface area (Å²) in [4.78, 5) is 7.93. The molecule has 180 valence electrons. The quantitative estimate of drug-likeness (QED) is 0.385. The lowest BCUT2D eigenvalue weighted by Crippen LogP contribution is -2.72. The number of rotatable bonds is 15. The first-order chi connectivity index (χ1) is 14.5. The molecule has 6 heteroatoms. The topological polar surface area (TPSA) is 19.4 Å². The van der Waals surface area contributed by atoms with Gasteiger partial charge in [-0.1, -0.05) is 62.3 Å². The summed E-state index contributed by atoms with van der Waals surface area (Å²) < 4.78 is 0. The van der Waals surface area contributed by atoms with E-state index < -0.39 is 0 Å².